The smallest absolute Gasteiger partial charge is 0.426 e. The van der Waals surface area contributed by atoms with Gasteiger partial charge in [0.15, 0.2) is 0 Å². The van der Waals surface area contributed by atoms with Gasteiger partial charge in [-0.05, 0) is 60.5 Å². The number of rotatable bonds is 6. The molecule has 1 aliphatic carbocycles. The molecule has 0 fully saturated rings. The second-order valence-electron chi connectivity index (χ2n) is 7.80. The first-order valence-corrected chi connectivity index (χ1v) is 10.3. The zero-order valence-electron chi connectivity index (χ0n) is 17.9. The van der Waals surface area contributed by atoms with Crippen LogP contribution in [-0.4, -0.2) is 16.3 Å². The minimum Gasteiger partial charge on any atom is -0.508 e. The van der Waals surface area contributed by atoms with Gasteiger partial charge in [0.25, 0.3) is 0 Å². The molecule has 0 saturated carbocycles. The van der Waals surface area contributed by atoms with Crippen molar-refractivity contribution in [2.45, 2.75) is 19.1 Å². The van der Waals surface area contributed by atoms with Crippen LogP contribution in [0.2, 0.25) is 0 Å². The van der Waals surface area contributed by atoms with Crippen molar-refractivity contribution in [3.05, 3.63) is 102 Å². The summed E-state index contributed by atoms with van der Waals surface area (Å²) in [5, 5.41) is 19.3. The molecule has 1 atom stereocenters. The van der Waals surface area contributed by atoms with Crippen molar-refractivity contribution in [1.82, 2.24) is 0 Å². The SMILES string of the molecule is CC1C=C(O)C=CC(C(F)(F)Oc2ccc(OC(F)(F)c3ccc(O)cc3)c3ccccc23)=C1. The number of aromatic hydroxyl groups is 1. The zero-order chi connectivity index (χ0) is 24.5. The van der Waals surface area contributed by atoms with E-state index in [1.807, 2.05) is 0 Å². The van der Waals surface area contributed by atoms with Gasteiger partial charge in [-0.15, -0.1) is 0 Å². The fourth-order valence-corrected chi connectivity index (χ4v) is 3.55. The van der Waals surface area contributed by atoms with Crippen molar-refractivity contribution < 1.29 is 37.2 Å². The molecule has 4 rings (SSSR count). The lowest BCUT2D eigenvalue weighted by Gasteiger charge is -2.23. The summed E-state index contributed by atoms with van der Waals surface area (Å²) in [5.41, 5.74) is -0.942. The Morgan fingerprint density at radius 1 is 0.706 bits per heavy atom. The Morgan fingerprint density at radius 2 is 1.26 bits per heavy atom. The molecule has 1 aliphatic rings. The predicted octanol–water partition coefficient (Wildman–Crippen LogP) is 7.22. The van der Waals surface area contributed by atoms with E-state index >= 15 is 8.78 Å². The number of fused-ring (bicyclic) bond motifs is 1. The summed E-state index contributed by atoms with van der Waals surface area (Å²) in [4.78, 5) is 0. The van der Waals surface area contributed by atoms with E-state index in [-0.39, 0.29) is 33.8 Å². The van der Waals surface area contributed by atoms with E-state index in [0.717, 1.165) is 48.6 Å². The van der Waals surface area contributed by atoms with Crippen LogP contribution in [0.3, 0.4) is 0 Å². The maximum absolute atomic E-state index is 15.0. The summed E-state index contributed by atoms with van der Waals surface area (Å²) in [6.07, 6.45) is -2.62. The number of halogens is 4. The van der Waals surface area contributed by atoms with Crippen LogP contribution in [0.4, 0.5) is 17.6 Å². The molecule has 176 valence electrons. The Morgan fingerprint density at radius 3 is 1.85 bits per heavy atom. The third-order valence-corrected chi connectivity index (χ3v) is 5.17. The van der Waals surface area contributed by atoms with Gasteiger partial charge in [0.05, 0.1) is 11.1 Å². The van der Waals surface area contributed by atoms with Gasteiger partial charge < -0.3 is 19.7 Å². The molecule has 1 unspecified atom stereocenters. The number of hydrogen-bond acceptors (Lipinski definition) is 4. The Kier molecular flexibility index (Phi) is 6.00. The highest BCUT2D eigenvalue weighted by atomic mass is 19.3. The lowest BCUT2D eigenvalue weighted by molar-refractivity contribution is -0.184. The minimum absolute atomic E-state index is 0.143. The van der Waals surface area contributed by atoms with Crippen molar-refractivity contribution in [3.63, 3.8) is 0 Å². The van der Waals surface area contributed by atoms with Gasteiger partial charge in [-0.25, -0.2) is 0 Å². The number of benzene rings is 3. The van der Waals surface area contributed by atoms with E-state index in [4.69, 9.17) is 9.47 Å². The van der Waals surface area contributed by atoms with Crippen LogP contribution in [-0.2, 0) is 6.11 Å². The maximum atomic E-state index is 15.0. The standard InChI is InChI=1S/C26H20F4O4/c1-16-14-18(8-11-20(32)15-16)26(29,30)34-24-13-12-23(21-4-2-3-5-22(21)24)33-25(27,28)17-6-9-19(31)10-7-17/h2-16,31-32H,1H3. The van der Waals surface area contributed by atoms with Gasteiger partial charge in [0, 0.05) is 10.8 Å². The predicted molar refractivity (Wildman–Crippen MR) is 119 cm³/mol. The fraction of sp³-hybridized carbons (Fsp3) is 0.154. The molecular weight excluding hydrogens is 452 g/mol. The van der Waals surface area contributed by atoms with Crippen LogP contribution in [0, 0.1) is 5.92 Å². The number of aliphatic hydroxyl groups is 1. The Bertz CT molecular complexity index is 1290. The Balaban J connectivity index is 1.67. The summed E-state index contributed by atoms with van der Waals surface area (Å²) in [6, 6.07) is 12.6. The van der Waals surface area contributed by atoms with Crippen molar-refractivity contribution in [2.75, 3.05) is 0 Å². The highest BCUT2D eigenvalue weighted by Crippen LogP contribution is 2.41. The highest BCUT2D eigenvalue weighted by molar-refractivity contribution is 5.93. The number of phenolic OH excluding ortho intramolecular Hbond substituents is 1. The van der Waals surface area contributed by atoms with E-state index in [1.54, 1.807) is 19.1 Å². The monoisotopic (exact) mass is 472 g/mol. The van der Waals surface area contributed by atoms with Gasteiger partial charge >= 0.3 is 12.2 Å². The average Bonchev–Trinajstić information content (AvgIpc) is 2.96. The quantitative estimate of drug-likeness (QED) is 0.372. The molecule has 0 saturated heterocycles. The molecule has 4 nitrogen and oxygen atoms in total. The molecule has 0 spiro atoms. The van der Waals surface area contributed by atoms with Crippen molar-refractivity contribution in [3.8, 4) is 17.2 Å². The normalized spacial score (nSPS) is 16.6. The average molecular weight is 472 g/mol. The first-order chi connectivity index (χ1) is 16.0. The molecule has 0 heterocycles. The topological polar surface area (TPSA) is 58.9 Å². The first-order valence-electron chi connectivity index (χ1n) is 10.3. The molecule has 3 aromatic carbocycles. The van der Waals surface area contributed by atoms with E-state index in [1.165, 1.54) is 24.3 Å². The maximum Gasteiger partial charge on any atom is 0.426 e. The van der Waals surface area contributed by atoms with Gasteiger partial charge in [0.2, 0.25) is 0 Å². The largest absolute Gasteiger partial charge is 0.508 e. The molecule has 0 bridgehead atoms. The number of allylic oxidation sites excluding steroid dienone is 3. The Hall–Kier alpha value is -3.94. The molecular formula is C26H20F4O4. The summed E-state index contributed by atoms with van der Waals surface area (Å²) in [7, 11) is 0. The van der Waals surface area contributed by atoms with Crippen LogP contribution in [0.1, 0.15) is 12.5 Å². The minimum atomic E-state index is -3.76. The zero-order valence-corrected chi connectivity index (χ0v) is 17.9. The summed E-state index contributed by atoms with van der Waals surface area (Å²) < 4.78 is 69.5. The van der Waals surface area contributed by atoms with Crippen molar-refractivity contribution >= 4 is 10.8 Å². The molecule has 8 heteroatoms. The van der Waals surface area contributed by atoms with Crippen molar-refractivity contribution in [2.24, 2.45) is 5.92 Å². The number of phenols is 1. The fourth-order valence-electron chi connectivity index (χ4n) is 3.55. The number of alkyl halides is 4. The molecule has 0 aliphatic heterocycles. The first kappa shape index (κ1) is 23.2. The van der Waals surface area contributed by atoms with Crippen LogP contribution in [0.25, 0.3) is 10.8 Å². The van der Waals surface area contributed by atoms with Gasteiger partial charge in [0.1, 0.15) is 23.0 Å². The second-order valence-corrected chi connectivity index (χ2v) is 7.80. The van der Waals surface area contributed by atoms with Gasteiger partial charge in [-0.1, -0.05) is 37.3 Å². The van der Waals surface area contributed by atoms with E-state index < -0.39 is 29.3 Å². The Labute approximate surface area is 192 Å². The number of ether oxygens (including phenoxy) is 2. The van der Waals surface area contributed by atoms with Crippen LogP contribution in [0.15, 0.2) is 96.3 Å². The van der Waals surface area contributed by atoms with Crippen molar-refractivity contribution in [1.29, 1.82) is 0 Å². The molecule has 34 heavy (non-hydrogen) atoms. The second kappa shape index (κ2) is 8.78. The molecule has 0 radical (unpaired) electrons. The van der Waals surface area contributed by atoms with E-state index in [2.05, 4.69) is 0 Å². The molecule has 3 aromatic rings. The van der Waals surface area contributed by atoms with E-state index in [0.29, 0.717) is 0 Å². The lowest BCUT2D eigenvalue weighted by atomic mass is 10.1. The molecule has 0 aromatic heterocycles. The van der Waals surface area contributed by atoms with Crippen LogP contribution in [0.5, 0.6) is 17.2 Å². The lowest BCUT2D eigenvalue weighted by Crippen LogP contribution is -2.27. The van der Waals surface area contributed by atoms with E-state index in [9.17, 15) is 19.0 Å². The summed E-state index contributed by atoms with van der Waals surface area (Å²) in [5.74, 6) is -1.25. The van der Waals surface area contributed by atoms with Gasteiger partial charge in [-0.2, -0.15) is 17.6 Å². The van der Waals surface area contributed by atoms with Gasteiger partial charge in [-0.3, -0.25) is 0 Å². The van der Waals surface area contributed by atoms with Crippen LogP contribution < -0.4 is 9.47 Å². The molecule has 0 amide bonds. The van der Waals surface area contributed by atoms with Crippen LogP contribution >= 0.6 is 0 Å². The summed E-state index contributed by atoms with van der Waals surface area (Å²) in [6.45, 7) is 1.63. The third-order valence-electron chi connectivity index (χ3n) is 5.17. The third kappa shape index (κ3) is 4.85. The number of hydrogen-bond donors (Lipinski definition) is 2. The molecule has 2 N–H and O–H groups in total. The highest BCUT2D eigenvalue weighted by Gasteiger charge is 2.38. The number of aliphatic hydroxyl groups excluding tert-OH is 1. The summed E-state index contributed by atoms with van der Waals surface area (Å²) >= 11 is 0.